The fourth-order valence-electron chi connectivity index (χ4n) is 1.41. The van der Waals surface area contributed by atoms with Crippen molar-refractivity contribution in [3.05, 3.63) is 28.4 Å². The Morgan fingerprint density at radius 1 is 1.47 bits per heavy atom. The van der Waals surface area contributed by atoms with Crippen LogP contribution >= 0.6 is 0 Å². The lowest BCUT2D eigenvalue weighted by atomic mass is 10.2. The van der Waals surface area contributed by atoms with E-state index in [9.17, 15) is 14.9 Å². The number of carbonyl (C=O) groups excluding carboxylic acids is 1. The lowest BCUT2D eigenvalue weighted by molar-refractivity contribution is -0.388. The maximum absolute atomic E-state index is 11.8. The van der Waals surface area contributed by atoms with Gasteiger partial charge in [-0.3, -0.25) is 4.79 Å². The quantitative estimate of drug-likeness (QED) is 0.601. The van der Waals surface area contributed by atoms with E-state index in [2.05, 4.69) is 15.6 Å². The maximum Gasteiger partial charge on any atom is 0.386 e. The van der Waals surface area contributed by atoms with Crippen LogP contribution in [0.1, 0.15) is 20.8 Å². The number of nitrogens with one attached hydrogen (secondary N) is 2. The number of carbonyl (C=O) groups is 1. The van der Waals surface area contributed by atoms with Gasteiger partial charge in [0.2, 0.25) is 5.91 Å². The second-order valence-corrected chi connectivity index (χ2v) is 4.64. The van der Waals surface area contributed by atoms with Crippen LogP contribution in [0.4, 0.5) is 11.5 Å². The number of anilines is 1. The van der Waals surface area contributed by atoms with E-state index >= 15 is 0 Å². The van der Waals surface area contributed by atoms with Gasteiger partial charge in [-0.05, 0) is 34.9 Å². The maximum atomic E-state index is 11.8. The van der Waals surface area contributed by atoms with Crippen molar-refractivity contribution in [2.75, 3.05) is 11.9 Å². The lowest BCUT2D eigenvalue weighted by Crippen LogP contribution is -2.39. The molecular weight excluding hydrogens is 248 g/mol. The van der Waals surface area contributed by atoms with Gasteiger partial charge in [0, 0.05) is 6.54 Å². The number of hydrogen-bond donors (Lipinski definition) is 2. The normalized spacial score (nSPS) is 12.0. The average Bonchev–Trinajstić information content (AvgIpc) is 2.36. The van der Waals surface area contributed by atoms with E-state index in [1.165, 1.54) is 12.3 Å². The number of hydrogen-bond acceptors (Lipinski definition) is 5. The summed E-state index contributed by atoms with van der Waals surface area (Å²) >= 11 is 0. The number of amides is 1. The van der Waals surface area contributed by atoms with E-state index in [1.807, 2.05) is 13.8 Å². The van der Waals surface area contributed by atoms with Gasteiger partial charge in [0.1, 0.15) is 17.9 Å². The van der Waals surface area contributed by atoms with Crippen LogP contribution in [0.25, 0.3) is 0 Å². The first kappa shape index (κ1) is 14.9. The summed E-state index contributed by atoms with van der Waals surface area (Å²) < 4.78 is 0. The molecule has 1 aromatic heterocycles. The summed E-state index contributed by atoms with van der Waals surface area (Å²) in [6.07, 6.45) is 1.34. The van der Waals surface area contributed by atoms with Gasteiger partial charge in [-0.1, -0.05) is 13.8 Å². The molecule has 1 aromatic rings. The number of nitro groups is 1. The SMILES string of the molecule is CC(C)CNC(=O)C(C)Nc1cccnc1[N+](=O)[O-]. The summed E-state index contributed by atoms with van der Waals surface area (Å²) in [6, 6.07) is 2.53. The minimum absolute atomic E-state index is 0.202. The van der Waals surface area contributed by atoms with Crippen molar-refractivity contribution in [1.29, 1.82) is 0 Å². The molecular formula is C12H18N4O3. The van der Waals surface area contributed by atoms with Crippen LogP contribution in [0.2, 0.25) is 0 Å². The molecule has 2 N–H and O–H groups in total. The Balaban J connectivity index is 2.69. The van der Waals surface area contributed by atoms with Crippen LogP contribution in [-0.4, -0.2) is 28.4 Å². The number of pyridine rings is 1. The topological polar surface area (TPSA) is 97.2 Å². The Morgan fingerprint density at radius 2 is 2.16 bits per heavy atom. The molecule has 0 aliphatic rings. The monoisotopic (exact) mass is 266 g/mol. The molecule has 0 radical (unpaired) electrons. The summed E-state index contributed by atoms with van der Waals surface area (Å²) in [5.41, 5.74) is 0.236. The molecule has 0 saturated carbocycles. The highest BCUT2D eigenvalue weighted by atomic mass is 16.6. The Labute approximate surface area is 111 Å². The minimum atomic E-state index is -0.582. The zero-order valence-electron chi connectivity index (χ0n) is 11.2. The van der Waals surface area contributed by atoms with Crippen molar-refractivity contribution < 1.29 is 9.72 Å². The van der Waals surface area contributed by atoms with Gasteiger partial charge in [-0.25, -0.2) is 0 Å². The number of rotatable bonds is 6. The predicted molar refractivity (Wildman–Crippen MR) is 71.8 cm³/mol. The van der Waals surface area contributed by atoms with Gasteiger partial charge >= 0.3 is 5.82 Å². The van der Waals surface area contributed by atoms with E-state index in [0.29, 0.717) is 12.5 Å². The highest BCUT2D eigenvalue weighted by Crippen LogP contribution is 2.20. The Morgan fingerprint density at radius 3 is 2.74 bits per heavy atom. The Kier molecular flexibility index (Phi) is 5.23. The standard InChI is InChI=1S/C12H18N4O3/c1-8(2)7-14-12(17)9(3)15-10-5-4-6-13-11(10)16(18)19/h4-6,8-9,15H,7H2,1-3H3,(H,14,17). The summed E-state index contributed by atoms with van der Waals surface area (Å²) in [5.74, 6) is -0.137. The van der Waals surface area contributed by atoms with Gasteiger partial charge in [-0.2, -0.15) is 0 Å². The van der Waals surface area contributed by atoms with Crippen molar-refractivity contribution in [3.8, 4) is 0 Å². The molecule has 0 spiro atoms. The fraction of sp³-hybridized carbons (Fsp3) is 0.500. The second-order valence-electron chi connectivity index (χ2n) is 4.64. The smallest absolute Gasteiger partial charge is 0.367 e. The molecule has 0 bridgehead atoms. The zero-order valence-corrected chi connectivity index (χ0v) is 11.2. The second kappa shape index (κ2) is 6.67. The Bertz CT molecular complexity index is 462. The first-order valence-corrected chi connectivity index (χ1v) is 6.05. The lowest BCUT2D eigenvalue weighted by Gasteiger charge is -2.15. The third-order valence-electron chi connectivity index (χ3n) is 2.41. The van der Waals surface area contributed by atoms with Crippen molar-refractivity contribution >= 4 is 17.4 Å². The molecule has 0 aliphatic heterocycles. The molecule has 0 aromatic carbocycles. The van der Waals surface area contributed by atoms with Crippen LogP contribution in [0, 0.1) is 16.0 Å². The van der Waals surface area contributed by atoms with Crippen molar-refractivity contribution in [1.82, 2.24) is 10.3 Å². The number of nitrogens with zero attached hydrogens (tertiary/aromatic N) is 2. The molecule has 1 heterocycles. The fourth-order valence-corrected chi connectivity index (χ4v) is 1.41. The highest BCUT2D eigenvalue weighted by Gasteiger charge is 2.19. The molecule has 1 rings (SSSR count). The van der Waals surface area contributed by atoms with E-state index in [0.717, 1.165) is 0 Å². The van der Waals surface area contributed by atoms with Gasteiger partial charge in [0.25, 0.3) is 0 Å². The van der Waals surface area contributed by atoms with E-state index in [-0.39, 0.29) is 17.4 Å². The third kappa shape index (κ3) is 4.53. The predicted octanol–water partition coefficient (Wildman–Crippen LogP) is 1.56. The first-order valence-electron chi connectivity index (χ1n) is 6.05. The summed E-state index contributed by atoms with van der Waals surface area (Å²) in [7, 11) is 0. The van der Waals surface area contributed by atoms with Crippen LogP contribution in [0.5, 0.6) is 0 Å². The zero-order chi connectivity index (χ0) is 14.4. The number of aromatic nitrogens is 1. The van der Waals surface area contributed by atoms with Crippen molar-refractivity contribution in [3.63, 3.8) is 0 Å². The molecule has 7 heteroatoms. The third-order valence-corrected chi connectivity index (χ3v) is 2.41. The van der Waals surface area contributed by atoms with Gasteiger partial charge < -0.3 is 20.7 Å². The Hall–Kier alpha value is -2.18. The van der Waals surface area contributed by atoms with Crippen LogP contribution in [0.15, 0.2) is 18.3 Å². The van der Waals surface area contributed by atoms with Crippen LogP contribution < -0.4 is 10.6 Å². The highest BCUT2D eigenvalue weighted by molar-refractivity contribution is 5.84. The summed E-state index contributed by atoms with van der Waals surface area (Å²) in [4.78, 5) is 25.6. The molecule has 1 unspecified atom stereocenters. The van der Waals surface area contributed by atoms with Crippen molar-refractivity contribution in [2.24, 2.45) is 5.92 Å². The summed E-state index contributed by atoms with van der Waals surface area (Å²) in [6.45, 7) is 6.20. The van der Waals surface area contributed by atoms with Crippen LogP contribution in [0.3, 0.4) is 0 Å². The van der Waals surface area contributed by atoms with E-state index in [4.69, 9.17) is 0 Å². The first-order chi connectivity index (χ1) is 8.91. The van der Waals surface area contributed by atoms with E-state index in [1.54, 1.807) is 13.0 Å². The molecule has 0 aliphatic carbocycles. The molecule has 1 amide bonds. The molecule has 0 saturated heterocycles. The van der Waals surface area contributed by atoms with Gasteiger partial charge in [-0.15, -0.1) is 0 Å². The largest absolute Gasteiger partial charge is 0.386 e. The minimum Gasteiger partial charge on any atom is -0.367 e. The molecule has 7 nitrogen and oxygen atoms in total. The molecule has 19 heavy (non-hydrogen) atoms. The van der Waals surface area contributed by atoms with E-state index < -0.39 is 11.0 Å². The molecule has 0 fully saturated rings. The van der Waals surface area contributed by atoms with Crippen LogP contribution in [-0.2, 0) is 4.79 Å². The molecule has 104 valence electrons. The van der Waals surface area contributed by atoms with Gasteiger partial charge in [0.15, 0.2) is 0 Å². The average molecular weight is 266 g/mol. The molecule has 1 atom stereocenters. The van der Waals surface area contributed by atoms with Crippen molar-refractivity contribution in [2.45, 2.75) is 26.8 Å². The summed E-state index contributed by atoms with van der Waals surface area (Å²) in [5, 5.41) is 16.3. The van der Waals surface area contributed by atoms with Gasteiger partial charge in [0.05, 0.1) is 0 Å².